The molecule has 2 heterocycles. The number of allylic oxidation sites excluding steroid dienone is 1. The van der Waals surface area contributed by atoms with Crippen LogP contribution in [0.1, 0.15) is 23.5 Å². The van der Waals surface area contributed by atoms with Crippen LogP contribution in [0, 0.1) is 0 Å². The SMILES string of the molecule is COc1ccc(S(=O)(=O)N(CCO)CCO[C@H]2C[C@@H](c3ccc(C(F)(F)F)cc3)C=C(C(=O)N3CC3)O2)cc1. The summed E-state index contributed by atoms with van der Waals surface area (Å²) in [7, 11) is -2.49. The maximum atomic E-state index is 13.1. The molecule has 0 spiro atoms. The third-order valence-electron chi connectivity index (χ3n) is 6.36. The highest BCUT2D eigenvalue weighted by molar-refractivity contribution is 7.89. The predicted molar refractivity (Wildman–Crippen MR) is 133 cm³/mol. The largest absolute Gasteiger partial charge is 0.497 e. The average Bonchev–Trinajstić information content (AvgIpc) is 3.77. The van der Waals surface area contributed by atoms with E-state index in [1.807, 2.05) is 0 Å². The number of hydrogen-bond acceptors (Lipinski definition) is 7. The van der Waals surface area contributed by atoms with Crippen molar-refractivity contribution in [2.75, 3.05) is 46.5 Å². The number of aliphatic hydroxyl groups is 1. The van der Waals surface area contributed by atoms with Gasteiger partial charge in [0.2, 0.25) is 16.3 Å². The number of sulfonamides is 1. The maximum Gasteiger partial charge on any atom is 0.416 e. The van der Waals surface area contributed by atoms with E-state index in [4.69, 9.17) is 14.2 Å². The Kier molecular flexibility index (Phi) is 8.84. The summed E-state index contributed by atoms with van der Waals surface area (Å²) in [6.07, 6.45) is -3.63. The van der Waals surface area contributed by atoms with E-state index in [1.165, 1.54) is 43.5 Å². The zero-order chi connectivity index (χ0) is 28.2. The number of ether oxygens (including phenoxy) is 3. The van der Waals surface area contributed by atoms with Crippen LogP contribution >= 0.6 is 0 Å². The van der Waals surface area contributed by atoms with Gasteiger partial charge in [0, 0.05) is 38.5 Å². The minimum absolute atomic E-state index is 0.0160. The molecule has 0 bridgehead atoms. The third kappa shape index (κ3) is 7.10. The van der Waals surface area contributed by atoms with Crippen molar-refractivity contribution >= 4 is 15.9 Å². The minimum Gasteiger partial charge on any atom is -0.497 e. The van der Waals surface area contributed by atoms with Gasteiger partial charge in [-0.1, -0.05) is 12.1 Å². The van der Waals surface area contributed by atoms with Crippen molar-refractivity contribution in [3.05, 3.63) is 71.5 Å². The lowest BCUT2D eigenvalue weighted by molar-refractivity contribution is -0.149. The van der Waals surface area contributed by atoms with E-state index in [2.05, 4.69) is 0 Å². The van der Waals surface area contributed by atoms with Gasteiger partial charge in [-0.15, -0.1) is 0 Å². The van der Waals surface area contributed by atoms with Crippen LogP contribution in [0.3, 0.4) is 0 Å². The summed E-state index contributed by atoms with van der Waals surface area (Å²) in [5.74, 6) is -0.276. The second-order valence-corrected chi connectivity index (χ2v) is 10.9. The van der Waals surface area contributed by atoms with Crippen LogP contribution in [0.4, 0.5) is 13.2 Å². The molecule has 2 atom stereocenters. The van der Waals surface area contributed by atoms with Crippen molar-refractivity contribution in [1.82, 2.24) is 9.21 Å². The van der Waals surface area contributed by atoms with E-state index in [0.29, 0.717) is 24.4 Å². The Morgan fingerprint density at radius 3 is 2.33 bits per heavy atom. The molecule has 0 saturated carbocycles. The predicted octanol–water partition coefficient (Wildman–Crippen LogP) is 2.97. The molecule has 1 amide bonds. The van der Waals surface area contributed by atoms with Gasteiger partial charge in [-0.3, -0.25) is 4.79 Å². The molecule has 9 nitrogen and oxygen atoms in total. The fourth-order valence-corrected chi connectivity index (χ4v) is 5.53. The molecule has 1 N–H and O–H groups in total. The molecule has 2 aliphatic rings. The Morgan fingerprint density at radius 1 is 1.10 bits per heavy atom. The van der Waals surface area contributed by atoms with E-state index in [1.54, 1.807) is 11.0 Å². The van der Waals surface area contributed by atoms with Crippen LogP contribution in [0.25, 0.3) is 0 Å². The van der Waals surface area contributed by atoms with E-state index >= 15 is 0 Å². The first-order chi connectivity index (χ1) is 18.5. The first-order valence-corrected chi connectivity index (χ1v) is 13.7. The van der Waals surface area contributed by atoms with Gasteiger partial charge in [-0.05, 0) is 48.0 Å². The van der Waals surface area contributed by atoms with Crippen LogP contribution < -0.4 is 4.74 Å². The summed E-state index contributed by atoms with van der Waals surface area (Å²) in [5, 5.41) is 9.45. The minimum atomic E-state index is -4.47. The molecular weight excluding hydrogens is 541 g/mol. The first kappa shape index (κ1) is 28.9. The molecule has 13 heteroatoms. The van der Waals surface area contributed by atoms with Crippen molar-refractivity contribution in [3.8, 4) is 5.75 Å². The lowest BCUT2D eigenvalue weighted by Gasteiger charge is -2.30. The average molecular weight is 571 g/mol. The number of nitrogens with zero attached hydrogens (tertiary/aromatic N) is 2. The molecule has 4 rings (SSSR count). The normalized spacial score (nSPS) is 19.4. The fraction of sp³-hybridized carbons (Fsp3) is 0.423. The highest BCUT2D eigenvalue weighted by Crippen LogP contribution is 2.35. The van der Waals surface area contributed by atoms with Crippen molar-refractivity contribution in [2.24, 2.45) is 0 Å². The number of aliphatic hydroxyl groups excluding tert-OH is 1. The molecule has 1 saturated heterocycles. The smallest absolute Gasteiger partial charge is 0.416 e. The Hall–Kier alpha value is -3.13. The van der Waals surface area contributed by atoms with Crippen LogP contribution in [0.2, 0.25) is 0 Å². The fourth-order valence-electron chi connectivity index (χ4n) is 4.12. The molecule has 0 unspecified atom stereocenters. The Balaban J connectivity index is 1.45. The van der Waals surface area contributed by atoms with Gasteiger partial charge >= 0.3 is 6.18 Å². The van der Waals surface area contributed by atoms with Crippen LogP contribution in [0.15, 0.2) is 65.3 Å². The summed E-state index contributed by atoms with van der Waals surface area (Å²) in [6, 6.07) is 10.5. The number of benzene rings is 2. The highest BCUT2D eigenvalue weighted by Gasteiger charge is 2.35. The number of methoxy groups -OCH3 is 1. The molecule has 39 heavy (non-hydrogen) atoms. The van der Waals surface area contributed by atoms with Gasteiger partial charge in [-0.2, -0.15) is 17.5 Å². The second kappa shape index (κ2) is 11.9. The van der Waals surface area contributed by atoms with Crippen LogP contribution in [0.5, 0.6) is 5.75 Å². The van der Waals surface area contributed by atoms with Crippen molar-refractivity contribution in [2.45, 2.75) is 29.7 Å². The molecule has 2 aliphatic heterocycles. The van der Waals surface area contributed by atoms with Crippen molar-refractivity contribution in [1.29, 1.82) is 0 Å². The number of hydrogen-bond donors (Lipinski definition) is 1. The molecule has 2 aromatic rings. The van der Waals surface area contributed by atoms with Gasteiger partial charge in [0.05, 0.1) is 30.8 Å². The topological polar surface area (TPSA) is 105 Å². The number of halogens is 3. The maximum absolute atomic E-state index is 13.1. The van der Waals surface area contributed by atoms with E-state index in [0.717, 1.165) is 16.4 Å². The summed E-state index contributed by atoms with van der Waals surface area (Å²) < 4.78 is 82.9. The monoisotopic (exact) mass is 570 g/mol. The van der Waals surface area contributed by atoms with Crippen molar-refractivity contribution < 1.29 is 45.7 Å². The number of carbonyl (C=O) groups excluding carboxylic acids is 1. The second-order valence-electron chi connectivity index (χ2n) is 9.01. The quantitative estimate of drug-likeness (QED) is 0.414. The third-order valence-corrected chi connectivity index (χ3v) is 8.27. The summed E-state index contributed by atoms with van der Waals surface area (Å²) in [5.41, 5.74) is -0.225. The van der Waals surface area contributed by atoms with Crippen LogP contribution in [-0.4, -0.2) is 81.4 Å². The molecular formula is C26H29F3N2O7S. The molecule has 2 aromatic carbocycles. The molecule has 1 fully saturated rings. The first-order valence-electron chi connectivity index (χ1n) is 12.2. The standard InChI is InChI=1S/C26H29F3N2O7S/c1-36-21-6-8-22(9-7-21)39(34,35)31(12-14-32)13-15-37-24-17-19(16-23(38-24)25(33)30-10-11-30)18-2-4-20(5-3-18)26(27,28)29/h2-9,16,19,24,32H,10-15,17H2,1H3/t19-,24+/m0/s1. The Labute approximate surface area is 224 Å². The number of amides is 1. The van der Waals surface area contributed by atoms with Crippen LogP contribution in [-0.2, 0) is 30.5 Å². The Morgan fingerprint density at radius 2 is 1.77 bits per heavy atom. The molecule has 0 aromatic heterocycles. The molecule has 0 radical (unpaired) electrons. The van der Waals surface area contributed by atoms with Gasteiger partial charge in [0.1, 0.15) is 5.75 Å². The van der Waals surface area contributed by atoms with E-state index in [9.17, 15) is 31.5 Å². The van der Waals surface area contributed by atoms with Gasteiger partial charge in [0.25, 0.3) is 5.91 Å². The van der Waals surface area contributed by atoms with Gasteiger partial charge in [0.15, 0.2) is 5.76 Å². The number of carbonyl (C=O) groups is 1. The van der Waals surface area contributed by atoms with Gasteiger partial charge < -0.3 is 24.2 Å². The summed E-state index contributed by atoms with van der Waals surface area (Å²) in [4.78, 5) is 14.2. The molecule has 0 aliphatic carbocycles. The zero-order valence-corrected chi connectivity index (χ0v) is 22.0. The zero-order valence-electron chi connectivity index (χ0n) is 21.1. The van der Waals surface area contributed by atoms with E-state index in [-0.39, 0.29) is 42.7 Å². The summed E-state index contributed by atoms with van der Waals surface area (Å²) >= 11 is 0. The summed E-state index contributed by atoms with van der Waals surface area (Å²) in [6.45, 7) is 0.340. The van der Waals surface area contributed by atoms with Gasteiger partial charge in [-0.25, -0.2) is 8.42 Å². The van der Waals surface area contributed by atoms with E-state index < -0.39 is 40.6 Å². The highest BCUT2D eigenvalue weighted by atomic mass is 32.2. The number of rotatable bonds is 11. The lowest BCUT2D eigenvalue weighted by Crippen LogP contribution is -2.37. The number of alkyl halides is 3. The molecule has 212 valence electrons. The lowest BCUT2D eigenvalue weighted by atomic mass is 9.92. The Bertz CT molecular complexity index is 1280. The van der Waals surface area contributed by atoms with Crippen molar-refractivity contribution in [3.63, 3.8) is 0 Å².